The van der Waals surface area contributed by atoms with E-state index in [0.29, 0.717) is 43.5 Å². The van der Waals surface area contributed by atoms with E-state index in [9.17, 15) is 9.59 Å². The summed E-state index contributed by atoms with van der Waals surface area (Å²) < 4.78 is 1.96. The van der Waals surface area contributed by atoms with Crippen LogP contribution in [0.15, 0.2) is 48.8 Å². The molecule has 0 aliphatic carbocycles. The Morgan fingerprint density at radius 1 is 0.917 bits per heavy atom. The van der Waals surface area contributed by atoms with Gasteiger partial charge < -0.3 is 19.7 Å². The zero-order valence-electron chi connectivity index (χ0n) is 20.8. The predicted molar refractivity (Wildman–Crippen MR) is 138 cm³/mol. The van der Waals surface area contributed by atoms with Crippen LogP contribution in [0.4, 0.5) is 26.8 Å². The van der Waals surface area contributed by atoms with E-state index in [1.165, 1.54) is 0 Å². The van der Waals surface area contributed by atoms with Gasteiger partial charge in [-0.1, -0.05) is 6.07 Å². The molecule has 0 atom stereocenters. The van der Waals surface area contributed by atoms with Crippen LogP contribution in [-0.4, -0.2) is 83.0 Å². The summed E-state index contributed by atoms with van der Waals surface area (Å²) in [5.74, 6) is 1.28. The molecular weight excluding hydrogens is 458 g/mol. The van der Waals surface area contributed by atoms with E-state index in [4.69, 9.17) is 4.98 Å². The first kappa shape index (κ1) is 23.6. The maximum absolute atomic E-state index is 13.3. The zero-order valence-corrected chi connectivity index (χ0v) is 20.8. The van der Waals surface area contributed by atoms with E-state index in [1.54, 1.807) is 23.2 Å². The molecule has 2 fully saturated rings. The minimum absolute atomic E-state index is 0.0380. The first-order valence-electron chi connectivity index (χ1n) is 12.2. The first-order chi connectivity index (χ1) is 17.5. The standard InChI is InChI=1S/C25H31N9O2/c1-18(2)34-17-27-29-23(34)21-5-4-6-22(28-21)33-16-15-32(25(33)36)20-9-7-19(8-10-20)30-11-13-31(14-12-30)24(35)26-3/h4-10,17-18H,11-16H2,1-3H3,(H,26,35). The molecule has 188 valence electrons. The molecule has 2 aliphatic heterocycles. The molecule has 2 saturated heterocycles. The number of aromatic nitrogens is 4. The molecule has 0 saturated carbocycles. The van der Waals surface area contributed by atoms with Gasteiger partial charge in [0, 0.05) is 63.7 Å². The summed E-state index contributed by atoms with van der Waals surface area (Å²) in [6.07, 6.45) is 1.70. The molecule has 11 heteroatoms. The molecule has 3 aromatic rings. The Labute approximate surface area is 210 Å². The van der Waals surface area contributed by atoms with Crippen molar-refractivity contribution in [2.75, 3.05) is 61.0 Å². The van der Waals surface area contributed by atoms with Crippen molar-refractivity contribution in [3.05, 3.63) is 48.8 Å². The Balaban J connectivity index is 1.27. The fraction of sp³-hybridized carbons (Fsp3) is 0.400. The number of rotatable bonds is 5. The summed E-state index contributed by atoms with van der Waals surface area (Å²) >= 11 is 0. The molecule has 0 spiro atoms. The van der Waals surface area contributed by atoms with Crippen LogP contribution in [0.2, 0.25) is 0 Å². The van der Waals surface area contributed by atoms with Crippen molar-refractivity contribution in [3.63, 3.8) is 0 Å². The number of nitrogens with one attached hydrogen (secondary N) is 1. The first-order valence-corrected chi connectivity index (χ1v) is 12.2. The summed E-state index contributed by atoms with van der Waals surface area (Å²) in [6, 6.07) is 13.7. The number of hydrogen-bond donors (Lipinski definition) is 1. The molecule has 1 aromatic carbocycles. The number of piperazine rings is 1. The van der Waals surface area contributed by atoms with Crippen LogP contribution in [0.1, 0.15) is 19.9 Å². The highest BCUT2D eigenvalue weighted by molar-refractivity contribution is 6.05. The number of benzene rings is 1. The van der Waals surface area contributed by atoms with E-state index in [1.807, 2.05) is 51.9 Å². The van der Waals surface area contributed by atoms with Crippen molar-refractivity contribution in [1.29, 1.82) is 0 Å². The lowest BCUT2D eigenvalue weighted by Crippen LogP contribution is -2.51. The Kier molecular flexibility index (Phi) is 6.45. The third-order valence-corrected chi connectivity index (χ3v) is 6.69. The molecule has 0 bridgehead atoms. The van der Waals surface area contributed by atoms with Crippen molar-refractivity contribution >= 4 is 29.3 Å². The Morgan fingerprint density at radius 3 is 2.31 bits per heavy atom. The van der Waals surface area contributed by atoms with E-state index in [0.717, 1.165) is 24.5 Å². The molecule has 4 heterocycles. The van der Waals surface area contributed by atoms with Crippen LogP contribution in [0.5, 0.6) is 0 Å². The normalized spacial score (nSPS) is 16.3. The van der Waals surface area contributed by atoms with Gasteiger partial charge in [0.15, 0.2) is 5.82 Å². The van der Waals surface area contributed by atoms with Gasteiger partial charge in [-0.3, -0.25) is 9.80 Å². The van der Waals surface area contributed by atoms with Crippen LogP contribution in [0.3, 0.4) is 0 Å². The van der Waals surface area contributed by atoms with E-state index >= 15 is 0 Å². The molecule has 0 unspecified atom stereocenters. The highest BCUT2D eigenvalue weighted by Crippen LogP contribution is 2.28. The number of anilines is 3. The van der Waals surface area contributed by atoms with Gasteiger partial charge in [0.25, 0.3) is 0 Å². The number of carbonyl (C=O) groups is 2. The van der Waals surface area contributed by atoms with Crippen LogP contribution < -0.4 is 20.0 Å². The minimum Gasteiger partial charge on any atom is -0.368 e. The number of carbonyl (C=O) groups excluding carboxylic acids is 2. The summed E-state index contributed by atoms with van der Waals surface area (Å²) in [7, 11) is 1.65. The third-order valence-electron chi connectivity index (χ3n) is 6.69. The van der Waals surface area contributed by atoms with Gasteiger partial charge >= 0.3 is 12.1 Å². The van der Waals surface area contributed by atoms with Gasteiger partial charge in [0.2, 0.25) is 0 Å². The second-order valence-electron chi connectivity index (χ2n) is 9.17. The van der Waals surface area contributed by atoms with E-state index in [2.05, 4.69) is 34.3 Å². The minimum atomic E-state index is -0.100. The van der Waals surface area contributed by atoms with E-state index < -0.39 is 0 Å². The molecule has 1 N–H and O–H groups in total. The fourth-order valence-electron chi connectivity index (χ4n) is 4.66. The van der Waals surface area contributed by atoms with Crippen molar-refractivity contribution in [1.82, 2.24) is 30.0 Å². The number of amides is 4. The predicted octanol–water partition coefficient (Wildman–Crippen LogP) is 2.83. The van der Waals surface area contributed by atoms with Crippen molar-refractivity contribution in [2.24, 2.45) is 0 Å². The Morgan fingerprint density at radius 2 is 1.61 bits per heavy atom. The zero-order chi connectivity index (χ0) is 25.2. The smallest absolute Gasteiger partial charge is 0.330 e. The molecule has 2 aromatic heterocycles. The lowest BCUT2D eigenvalue weighted by molar-refractivity contribution is 0.196. The maximum Gasteiger partial charge on any atom is 0.330 e. The number of pyridine rings is 1. The quantitative estimate of drug-likeness (QED) is 0.591. The van der Waals surface area contributed by atoms with Gasteiger partial charge in [0.05, 0.1) is 0 Å². The second-order valence-corrected chi connectivity index (χ2v) is 9.17. The Hall–Kier alpha value is -4.15. The third kappa shape index (κ3) is 4.43. The SMILES string of the molecule is CNC(=O)N1CCN(c2ccc(N3CCN(c4cccc(-c5nncn5C(C)C)n4)C3=O)cc2)CC1. The molecule has 11 nitrogen and oxygen atoms in total. The Bertz CT molecular complexity index is 1230. The van der Waals surface area contributed by atoms with Gasteiger partial charge in [-0.15, -0.1) is 10.2 Å². The highest BCUT2D eigenvalue weighted by atomic mass is 16.2. The monoisotopic (exact) mass is 489 g/mol. The molecule has 2 aliphatic rings. The van der Waals surface area contributed by atoms with Gasteiger partial charge in [-0.2, -0.15) is 0 Å². The summed E-state index contributed by atoms with van der Waals surface area (Å²) in [6.45, 7) is 8.17. The van der Waals surface area contributed by atoms with Crippen LogP contribution in [-0.2, 0) is 0 Å². The van der Waals surface area contributed by atoms with Gasteiger partial charge in [-0.05, 0) is 50.2 Å². The maximum atomic E-state index is 13.3. The number of urea groups is 2. The summed E-state index contributed by atoms with van der Waals surface area (Å²) in [5.41, 5.74) is 2.62. The average molecular weight is 490 g/mol. The van der Waals surface area contributed by atoms with Crippen LogP contribution >= 0.6 is 0 Å². The highest BCUT2D eigenvalue weighted by Gasteiger charge is 2.32. The van der Waals surface area contributed by atoms with Crippen LogP contribution in [0.25, 0.3) is 11.5 Å². The second kappa shape index (κ2) is 9.84. The van der Waals surface area contributed by atoms with Crippen molar-refractivity contribution in [2.45, 2.75) is 19.9 Å². The van der Waals surface area contributed by atoms with Gasteiger partial charge in [-0.25, -0.2) is 14.6 Å². The average Bonchev–Trinajstić information content (AvgIpc) is 3.56. The molecule has 4 amide bonds. The lowest BCUT2D eigenvalue weighted by atomic mass is 10.2. The van der Waals surface area contributed by atoms with Gasteiger partial charge in [0.1, 0.15) is 17.8 Å². The van der Waals surface area contributed by atoms with E-state index in [-0.39, 0.29) is 18.1 Å². The number of nitrogens with zero attached hydrogens (tertiary/aromatic N) is 8. The molecule has 36 heavy (non-hydrogen) atoms. The molecule has 0 radical (unpaired) electrons. The van der Waals surface area contributed by atoms with Crippen LogP contribution in [0, 0.1) is 0 Å². The van der Waals surface area contributed by atoms with Crippen molar-refractivity contribution < 1.29 is 9.59 Å². The summed E-state index contributed by atoms with van der Waals surface area (Å²) in [4.78, 5) is 37.4. The molecular formula is C25H31N9O2. The molecule has 5 rings (SSSR count). The number of hydrogen-bond acceptors (Lipinski definition) is 6. The lowest BCUT2D eigenvalue weighted by Gasteiger charge is -2.36. The summed E-state index contributed by atoms with van der Waals surface area (Å²) in [5, 5.41) is 10.9. The topological polar surface area (TPSA) is 103 Å². The largest absolute Gasteiger partial charge is 0.368 e. The fourth-order valence-corrected chi connectivity index (χ4v) is 4.66. The van der Waals surface area contributed by atoms with Crippen molar-refractivity contribution in [3.8, 4) is 11.5 Å².